The zero-order valence-electron chi connectivity index (χ0n) is 8.03. The molecule has 1 heterocycles. The number of rotatable bonds is 4. The van der Waals surface area contributed by atoms with E-state index in [1.807, 2.05) is 0 Å². The zero-order valence-corrected chi connectivity index (χ0v) is 8.03. The Morgan fingerprint density at radius 1 is 1.64 bits per heavy atom. The quantitative estimate of drug-likeness (QED) is 0.732. The highest BCUT2D eigenvalue weighted by Gasteiger charge is 2.04. The van der Waals surface area contributed by atoms with Gasteiger partial charge < -0.3 is 9.84 Å². The average molecular weight is 192 g/mol. The van der Waals surface area contributed by atoms with Crippen LogP contribution in [0.3, 0.4) is 0 Å². The first-order chi connectivity index (χ1) is 6.81. The maximum Gasteiger partial charge on any atom is 0.205 e. The van der Waals surface area contributed by atoms with E-state index < -0.39 is 0 Å². The normalized spacial score (nSPS) is 9.79. The maximum absolute atomic E-state index is 9.00. The van der Waals surface area contributed by atoms with Gasteiger partial charge in [-0.2, -0.15) is 0 Å². The lowest BCUT2D eigenvalue weighted by Gasteiger charge is -2.06. The highest BCUT2D eigenvalue weighted by Crippen LogP contribution is 2.16. The van der Waals surface area contributed by atoms with Crippen LogP contribution in [0, 0.1) is 6.57 Å². The van der Waals surface area contributed by atoms with Crippen molar-refractivity contribution in [2.75, 3.05) is 13.7 Å². The van der Waals surface area contributed by atoms with Gasteiger partial charge in [0.05, 0.1) is 25.5 Å². The van der Waals surface area contributed by atoms with Crippen molar-refractivity contribution >= 4 is 5.69 Å². The predicted octanol–water partition coefficient (Wildman–Crippen LogP) is 1.31. The van der Waals surface area contributed by atoms with Crippen molar-refractivity contribution in [2.45, 2.75) is 13.0 Å². The van der Waals surface area contributed by atoms with E-state index in [-0.39, 0.29) is 6.61 Å². The van der Waals surface area contributed by atoms with Gasteiger partial charge in [-0.1, -0.05) is 0 Å². The molecule has 4 nitrogen and oxygen atoms in total. The molecule has 0 radical (unpaired) electrons. The smallest absolute Gasteiger partial charge is 0.205 e. The molecule has 0 aliphatic rings. The van der Waals surface area contributed by atoms with Crippen LogP contribution in [0.1, 0.15) is 11.3 Å². The lowest BCUT2D eigenvalue weighted by Crippen LogP contribution is -2.01. The van der Waals surface area contributed by atoms with E-state index in [0.717, 1.165) is 5.56 Å². The third kappa shape index (κ3) is 2.52. The monoisotopic (exact) mass is 192 g/mol. The molecule has 0 unspecified atom stereocenters. The molecule has 0 bridgehead atoms. The van der Waals surface area contributed by atoms with E-state index in [9.17, 15) is 0 Å². The van der Waals surface area contributed by atoms with Crippen molar-refractivity contribution < 1.29 is 9.84 Å². The van der Waals surface area contributed by atoms with Gasteiger partial charge in [0.25, 0.3) is 0 Å². The van der Waals surface area contributed by atoms with Crippen molar-refractivity contribution in [1.82, 2.24) is 4.98 Å². The predicted molar refractivity (Wildman–Crippen MR) is 52.0 cm³/mol. The summed E-state index contributed by atoms with van der Waals surface area (Å²) in [6.07, 6.45) is 2.14. The number of ether oxygens (including phenoxy) is 1. The Bertz CT molecular complexity index is 344. The largest absolute Gasteiger partial charge is 0.390 e. The summed E-state index contributed by atoms with van der Waals surface area (Å²) in [5.74, 6) is 0. The highest BCUT2D eigenvalue weighted by molar-refractivity contribution is 5.45. The Balaban J connectivity index is 2.91. The number of methoxy groups -OCH3 is 1. The SMILES string of the molecule is [C-]#[N+]c1cnc(CO)c(CCOC)c1. The van der Waals surface area contributed by atoms with Crippen LogP contribution in [0.25, 0.3) is 4.85 Å². The van der Waals surface area contributed by atoms with Crippen LogP contribution >= 0.6 is 0 Å². The van der Waals surface area contributed by atoms with Crippen LogP contribution in [-0.4, -0.2) is 23.8 Å². The van der Waals surface area contributed by atoms with Gasteiger partial charge in [0, 0.05) is 13.3 Å². The molecule has 0 fully saturated rings. The molecule has 1 rings (SSSR count). The molecule has 0 aliphatic heterocycles. The van der Waals surface area contributed by atoms with Crippen molar-refractivity contribution in [3.8, 4) is 0 Å². The lowest BCUT2D eigenvalue weighted by molar-refractivity contribution is 0.201. The van der Waals surface area contributed by atoms with Gasteiger partial charge in [-0.25, -0.2) is 4.85 Å². The van der Waals surface area contributed by atoms with Gasteiger partial charge in [0.2, 0.25) is 5.69 Å². The minimum Gasteiger partial charge on any atom is -0.390 e. The summed E-state index contributed by atoms with van der Waals surface area (Å²) < 4.78 is 4.93. The molecule has 0 spiro atoms. The van der Waals surface area contributed by atoms with E-state index in [4.69, 9.17) is 16.4 Å². The second kappa shape index (κ2) is 5.32. The Labute approximate surface area is 83.0 Å². The Morgan fingerprint density at radius 2 is 2.43 bits per heavy atom. The lowest BCUT2D eigenvalue weighted by atomic mass is 10.1. The fraction of sp³-hybridized carbons (Fsp3) is 0.400. The Morgan fingerprint density at radius 3 is 3.00 bits per heavy atom. The first-order valence-electron chi connectivity index (χ1n) is 4.27. The van der Waals surface area contributed by atoms with Crippen LogP contribution in [0.5, 0.6) is 0 Å². The summed E-state index contributed by atoms with van der Waals surface area (Å²) in [7, 11) is 1.62. The summed E-state index contributed by atoms with van der Waals surface area (Å²) in [4.78, 5) is 7.28. The van der Waals surface area contributed by atoms with Crippen molar-refractivity contribution in [3.05, 3.63) is 34.9 Å². The average Bonchev–Trinajstić information content (AvgIpc) is 2.25. The van der Waals surface area contributed by atoms with Crippen LogP contribution in [0.2, 0.25) is 0 Å². The molecule has 0 atom stereocenters. The van der Waals surface area contributed by atoms with E-state index in [1.165, 1.54) is 6.20 Å². The molecule has 4 heteroatoms. The maximum atomic E-state index is 9.00. The van der Waals surface area contributed by atoms with Gasteiger partial charge in [0.15, 0.2) is 0 Å². The topological polar surface area (TPSA) is 46.7 Å². The van der Waals surface area contributed by atoms with Gasteiger partial charge in [-0.05, 0) is 18.1 Å². The number of pyridine rings is 1. The summed E-state index contributed by atoms with van der Waals surface area (Å²) >= 11 is 0. The van der Waals surface area contributed by atoms with Crippen molar-refractivity contribution in [3.63, 3.8) is 0 Å². The molecular weight excluding hydrogens is 180 g/mol. The molecular formula is C10H12N2O2. The number of aliphatic hydroxyl groups excluding tert-OH is 1. The van der Waals surface area contributed by atoms with Crippen molar-refractivity contribution in [2.24, 2.45) is 0 Å². The zero-order chi connectivity index (χ0) is 10.4. The van der Waals surface area contributed by atoms with E-state index >= 15 is 0 Å². The second-order valence-electron chi connectivity index (χ2n) is 2.81. The van der Waals surface area contributed by atoms with Crippen LogP contribution in [-0.2, 0) is 17.8 Å². The molecule has 1 N–H and O–H groups in total. The van der Waals surface area contributed by atoms with E-state index in [2.05, 4.69) is 9.83 Å². The number of aromatic nitrogens is 1. The van der Waals surface area contributed by atoms with Gasteiger partial charge in [-0.15, -0.1) is 0 Å². The number of hydrogen-bond donors (Lipinski definition) is 1. The van der Waals surface area contributed by atoms with Gasteiger partial charge in [-0.3, -0.25) is 4.98 Å². The molecule has 0 aliphatic carbocycles. The van der Waals surface area contributed by atoms with Crippen LogP contribution < -0.4 is 0 Å². The van der Waals surface area contributed by atoms with Gasteiger partial charge >= 0.3 is 0 Å². The summed E-state index contributed by atoms with van der Waals surface area (Å²) in [6.45, 7) is 7.30. The molecule has 1 aromatic rings. The molecule has 0 saturated heterocycles. The van der Waals surface area contributed by atoms with Crippen molar-refractivity contribution in [1.29, 1.82) is 0 Å². The minimum atomic E-state index is -0.0999. The first kappa shape index (κ1) is 10.6. The van der Waals surface area contributed by atoms with E-state index in [1.54, 1.807) is 13.2 Å². The number of nitrogens with zero attached hydrogens (tertiary/aromatic N) is 2. The Hall–Kier alpha value is -1.44. The molecule has 14 heavy (non-hydrogen) atoms. The van der Waals surface area contributed by atoms with E-state index in [0.29, 0.717) is 24.4 Å². The molecule has 0 aromatic carbocycles. The third-order valence-corrected chi connectivity index (χ3v) is 1.90. The second-order valence-corrected chi connectivity index (χ2v) is 2.81. The standard InChI is InChI=1S/C10H12N2O2/c1-11-9-5-8(3-4-14-2)10(7-13)12-6-9/h5-6,13H,3-4,7H2,2H3. The van der Waals surface area contributed by atoms with Gasteiger partial charge in [0.1, 0.15) is 0 Å². The summed E-state index contributed by atoms with van der Waals surface area (Å²) in [5, 5.41) is 9.00. The fourth-order valence-corrected chi connectivity index (χ4v) is 1.16. The Kier molecular flexibility index (Phi) is 4.05. The summed E-state index contributed by atoms with van der Waals surface area (Å²) in [6, 6.07) is 1.74. The molecule has 0 saturated carbocycles. The van der Waals surface area contributed by atoms with Crippen LogP contribution in [0.4, 0.5) is 5.69 Å². The number of hydrogen-bond acceptors (Lipinski definition) is 3. The highest BCUT2D eigenvalue weighted by atomic mass is 16.5. The third-order valence-electron chi connectivity index (χ3n) is 1.90. The number of aliphatic hydroxyl groups is 1. The summed E-state index contributed by atoms with van der Waals surface area (Å²) in [5.41, 5.74) is 1.99. The first-order valence-corrected chi connectivity index (χ1v) is 4.27. The minimum absolute atomic E-state index is 0.0999. The molecule has 1 aromatic heterocycles. The fourth-order valence-electron chi connectivity index (χ4n) is 1.16. The molecule has 0 amide bonds. The molecule has 74 valence electrons. The van der Waals surface area contributed by atoms with Crippen LogP contribution in [0.15, 0.2) is 12.3 Å².